The van der Waals surface area contributed by atoms with Crippen molar-refractivity contribution in [1.29, 1.82) is 0 Å². The van der Waals surface area contributed by atoms with Crippen LogP contribution in [0.5, 0.6) is 5.88 Å². The number of rotatable bonds is 5. The van der Waals surface area contributed by atoms with Crippen LogP contribution < -0.4 is 10.1 Å². The maximum absolute atomic E-state index is 12.0. The summed E-state index contributed by atoms with van der Waals surface area (Å²) in [5.74, 6) is 0.360. The fourth-order valence-corrected chi connectivity index (χ4v) is 1.52. The number of anilines is 1. The van der Waals surface area contributed by atoms with E-state index in [0.717, 1.165) is 0 Å². The van der Waals surface area contributed by atoms with E-state index in [1.54, 1.807) is 25.3 Å². The second-order valence-corrected chi connectivity index (χ2v) is 3.88. The predicted octanol–water partition coefficient (Wildman–Crippen LogP) is 1.32. The van der Waals surface area contributed by atoms with Crippen LogP contribution in [-0.4, -0.2) is 47.3 Å². The van der Waals surface area contributed by atoms with Crippen molar-refractivity contribution in [2.45, 2.75) is 20.0 Å². The Bertz CT molecular complexity index is 396. The molecule has 2 amide bonds. The molecule has 100 valence electrons. The maximum Gasteiger partial charge on any atom is 0.322 e. The first-order valence-corrected chi connectivity index (χ1v) is 5.81. The lowest BCUT2D eigenvalue weighted by atomic mass is 10.3. The molecule has 1 aromatic rings. The third-order valence-electron chi connectivity index (χ3n) is 2.36. The molecule has 2 N–H and O–H groups in total. The molecule has 0 aliphatic rings. The summed E-state index contributed by atoms with van der Waals surface area (Å²) in [6.45, 7) is 4.28. The molecular formula is C12H19N3O3. The number of urea groups is 1. The normalized spacial score (nSPS) is 11.8. The van der Waals surface area contributed by atoms with Crippen LogP contribution in [0, 0.1) is 0 Å². The number of carbonyl (C=O) groups is 1. The molecule has 1 aromatic heterocycles. The van der Waals surface area contributed by atoms with Crippen LogP contribution in [0.25, 0.3) is 0 Å². The second-order valence-electron chi connectivity index (χ2n) is 3.88. The second kappa shape index (κ2) is 6.80. The molecule has 0 radical (unpaired) electrons. The maximum atomic E-state index is 12.0. The van der Waals surface area contributed by atoms with Crippen LogP contribution >= 0.6 is 0 Å². The van der Waals surface area contributed by atoms with E-state index in [9.17, 15) is 9.90 Å². The Morgan fingerprint density at radius 2 is 2.39 bits per heavy atom. The van der Waals surface area contributed by atoms with E-state index >= 15 is 0 Å². The molecule has 1 heterocycles. The zero-order valence-corrected chi connectivity index (χ0v) is 10.9. The Hall–Kier alpha value is -1.82. The van der Waals surface area contributed by atoms with Gasteiger partial charge in [-0.3, -0.25) is 0 Å². The number of nitrogens with one attached hydrogen (secondary N) is 1. The molecule has 0 aliphatic heterocycles. The number of aliphatic hydroxyl groups excluding tert-OH is 1. The van der Waals surface area contributed by atoms with Gasteiger partial charge in [-0.1, -0.05) is 0 Å². The Labute approximate surface area is 107 Å². The van der Waals surface area contributed by atoms with Crippen LogP contribution in [0.3, 0.4) is 0 Å². The van der Waals surface area contributed by atoms with Crippen molar-refractivity contribution >= 4 is 11.7 Å². The number of pyridine rings is 1. The van der Waals surface area contributed by atoms with Crippen molar-refractivity contribution in [3.63, 3.8) is 0 Å². The minimum Gasteiger partial charge on any atom is -0.480 e. The summed E-state index contributed by atoms with van der Waals surface area (Å²) < 4.78 is 5.05. The topological polar surface area (TPSA) is 74.7 Å². The van der Waals surface area contributed by atoms with Crippen LogP contribution in [0.1, 0.15) is 13.8 Å². The van der Waals surface area contributed by atoms with E-state index in [1.807, 2.05) is 6.92 Å². The van der Waals surface area contributed by atoms with Crippen LogP contribution in [0.15, 0.2) is 18.3 Å². The fraction of sp³-hybridized carbons (Fsp3) is 0.500. The highest BCUT2D eigenvalue weighted by molar-refractivity contribution is 5.90. The van der Waals surface area contributed by atoms with E-state index in [0.29, 0.717) is 18.1 Å². The van der Waals surface area contributed by atoms with Crippen LogP contribution in [0.4, 0.5) is 10.5 Å². The van der Waals surface area contributed by atoms with Gasteiger partial charge in [0, 0.05) is 19.3 Å². The van der Waals surface area contributed by atoms with Gasteiger partial charge in [0.15, 0.2) is 0 Å². The molecule has 0 spiro atoms. The summed E-state index contributed by atoms with van der Waals surface area (Å²) in [5, 5.41) is 12.0. The molecule has 6 nitrogen and oxygen atoms in total. The summed E-state index contributed by atoms with van der Waals surface area (Å²) >= 11 is 0. The Kier molecular flexibility index (Phi) is 5.38. The van der Waals surface area contributed by atoms with Crippen LogP contribution in [-0.2, 0) is 0 Å². The van der Waals surface area contributed by atoms with Gasteiger partial charge in [-0.15, -0.1) is 0 Å². The van der Waals surface area contributed by atoms with Gasteiger partial charge < -0.3 is 20.1 Å². The summed E-state index contributed by atoms with van der Waals surface area (Å²) in [6.07, 6.45) is 1.02. The van der Waals surface area contributed by atoms with Gasteiger partial charge >= 0.3 is 6.03 Å². The average Bonchev–Trinajstić information content (AvgIpc) is 2.36. The molecule has 6 heteroatoms. The van der Waals surface area contributed by atoms with Gasteiger partial charge in [0.05, 0.1) is 13.2 Å². The monoisotopic (exact) mass is 253 g/mol. The zero-order valence-electron chi connectivity index (χ0n) is 10.9. The highest BCUT2D eigenvalue weighted by atomic mass is 16.5. The smallest absolute Gasteiger partial charge is 0.322 e. The summed E-state index contributed by atoms with van der Waals surface area (Å²) in [7, 11) is 1.49. The molecule has 0 aliphatic carbocycles. The predicted molar refractivity (Wildman–Crippen MR) is 68.7 cm³/mol. The van der Waals surface area contributed by atoms with Gasteiger partial charge in [-0.25, -0.2) is 9.78 Å². The van der Waals surface area contributed by atoms with Gasteiger partial charge in [0.2, 0.25) is 5.88 Å². The van der Waals surface area contributed by atoms with Gasteiger partial charge in [-0.2, -0.15) is 0 Å². The summed E-state index contributed by atoms with van der Waals surface area (Å²) in [4.78, 5) is 17.5. The number of likely N-dealkylation sites (N-methyl/N-ethyl adjacent to an activating group) is 1. The minimum atomic E-state index is -0.563. The number of carbonyl (C=O) groups excluding carboxylic acids is 1. The molecular weight excluding hydrogens is 234 g/mol. The highest BCUT2D eigenvalue weighted by Crippen LogP contribution is 2.20. The number of aliphatic hydroxyl groups is 1. The van der Waals surface area contributed by atoms with Crippen molar-refractivity contribution < 1.29 is 14.6 Å². The fourth-order valence-electron chi connectivity index (χ4n) is 1.52. The Morgan fingerprint density at radius 1 is 1.67 bits per heavy atom. The highest BCUT2D eigenvalue weighted by Gasteiger charge is 2.15. The molecule has 0 unspecified atom stereocenters. The number of nitrogens with zero attached hydrogens (tertiary/aromatic N) is 2. The zero-order chi connectivity index (χ0) is 13.5. The number of methoxy groups -OCH3 is 1. The first-order valence-electron chi connectivity index (χ1n) is 5.81. The van der Waals surface area contributed by atoms with E-state index in [1.165, 1.54) is 12.0 Å². The number of hydrogen-bond donors (Lipinski definition) is 2. The average molecular weight is 253 g/mol. The molecule has 0 aromatic carbocycles. The van der Waals surface area contributed by atoms with E-state index < -0.39 is 6.10 Å². The van der Waals surface area contributed by atoms with Crippen molar-refractivity contribution in [1.82, 2.24) is 9.88 Å². The van der Waals surface area contributed by atoms with E-state index in [-0.39, 0.29) is 12.6 Å². The minimum absolute atomic E-state index is 0.283. The quantitative estimate of drug-likeness (QED) is 0.830. The third-order valence-corrected chi connectivity index (χ3v) is 2.36. The Balaban J connectivity index is 2.73. The van der Waals surface area contributed by atoms with Gasteiger partial charge in [0.1, 0.15) is 5.69 Å². The number of aromatic nitrogens is 1. The largest absolute Gasteiger partial charge is 0.480 e. The summed E-state index contributed by atoms with van der Waals surface area (Å²) in [5.41, 5.74) is 0.508. The van der Waals surface area contributed by atoms with Crippen molar-refractivity contribution in [3.05, 3.63) is 18.3 Å². The standard InChI is InChI=1S/C12H19N3O3/c1-4-15(8-9(2)16)12(17)14-10-6-5-7-13-11(10)18-3/h5-7,9,16H,4,8H2,1-3H3,(H,14,17)/t9-/m0/s1. The number of ether oxygens (including phenoxy) is 1. The lowest BCUT2D eigenvalue weighted by Crippen LogP contribution is -2.39. The van der Waals surface area contributed by atoms with E-state index in [4.69, 9.17) is 4.74 Å². The third kappa shape index (κ3) is 3.89. The molecule has 1 atom stereocenters. The van der Waals surface area contributed by atoms with Gasteiger partial charge in [0.25, 0.3) is 0 Å². The molecule has 1 rings (SSSR count). The van der Waals surface area contributed by atoms with E-state index in [2.05, 4.69) is 10.3 Å². The molecule has 0 saturated heterocycles. The number of amides is 2. The Morgan fingerprint density at radius 3 is 2.94 bits per heavy atom. The number of hydrogen-bond acceptors (Lipinski definition) is 4. The lowest BCUT2D eigenvalue weighted by Gasteiger charge is -2.23. The van der Waals surface area contributed by atoms with Gasteiger partial charge in [-0.05, 0) is 26.0 Å². The molecule has 0 fully saturated rings. The van der Waals surface area contributed by atoms with Crippen molar-refractivity contribution in [3.8, 4) is 5.88 Å². The van der Waals surface area contributed by atoms with Crippen molar-refractivity contribution in [2.75, 3.05) is 25.5 Å². The van der Waals surface area contributed by atoms with Crippen LogP contribution in [0.2, 0.25) is 0 Å². The van der Waals surface area contributed by atoms with Crippen molar-refractivity contribution in [2.24, 2.45) is 0 Å². The summed E-state index contributed by atoms with van der Waals surface area (Å²) in [6, 6.07) is 3.13. The molecule has 18 heavy (non-hydrogen) atoms. The molecule has 0 saturated carbocycles. The first kappa shape index (κ1) is 14.2. The molecule has 0 bridgehead atoms. The SMILES string of the molecule is CCN(C[C@H](C)O)C(=O)Nc1cccnc1OC. The lowest BCUT2D eigenvalue weighted by molar-refractivity contribution is 0.141. The first-order chi connectivity index (χ1) is 8.58.